The molecule has 7 nitrogen and oxygen atoms in total. The van der Waals surface area contributed by atoms with E-state index in [9.17, 15) is 19.5 Å². The Labute approximate surface area is 165 Å². The molecule has 1 saturated carbocycles. The lowest BCUT2D eigenvalue weighted by molar-refractivity contribution is -0.145. The quantitative estimate of drug-likeness (QED) is 0.691. The SMILES string of the molecule is CC(C)(C)[C@H](NC(=O)[C@@H](NC(=O)Oc1ccccc1)C1CCCCC1)C(=O)O. The number of ether oxygens (including phenoxy) is 1. The number of amides is 2. The molecule has 0 aliphatic heterocycles. The third-order valence-electron chi connectivity index (χ3n) is 5.03. The first-order valence-electron chi connectivity index (χ1n) is 9.75. The molecule has 3 N–H and O–H groups in total. The van der Waals surface area contributed by atoms with Crippen molar-refractivity contribution in [3.8, 4) is 5.75 Å². The van der Waals surface area contributed by atoms with E-state index in [1.54, 1.807) is 45.0 Å². The minimum Gasteiger partial charge on any atom is -0.480 e. The van der Waals surface area contributed by atoms with E-state index >= 15 is 0 Å². The Bertz CT molecular complexity index is 678. The summed E-state index contributed by atoms with van der Waals surface area (Å²) in [6.07, 6.45) is 3.93. The van der Waals surface area contributed by atoms with Crippen molar-refractivity contribution in [2.75, 3.05) is 0 Å². The number of hydrogen-bond acceptors (Lipinski definition) is 4. The molecule has 0 unspecified atom stereocenters. The second-order valence-corrected chi connectivity index (χ2v) is 8.37. The van der Waals surface area contributed by atoms with Gasteiger partial charge in [0.25, 0.3) is 0 Å². The van der Waals surface area contributed by atoms with Gasteiger partial charge in [0.05, 0.1) is 0 Å². The van der Waals surface area contributed by atoms with Crippen molar-refractivity contribution in [1.29, 1.82) is 0 Å². The van der Waals surface area contributed by atoms with Crippen molar-refractivity contribution in [2.45, 2.75) is 65.0 Å². The van der Waals surface area contributed by atoms with Crippen molar-refractivity contribution < 1.29 is 24.2 Å². The summed E-state index contributed by atoms with van der Waals surface area (Å²) >= 11 is 0. The highest BCUT2D eigenvalue weighted by Crippen LogP contribution is 2.27. The summed E-state index contributed by atoms with van der Waals surface area (Å²) in [5.74, 6) is -1.26. The molecule has 154 valence electrons. The maximum Gasteiger partial charge on any atom is 0.413 e. The summed E-state index contributed by atoms with van der Waals surface area (Å²) in [6, 6.07) is 6.70. The first kappa shape index (κ1) is 21.7. The van der Waals surface area contributed by atoms with Crippen molar-refractivity contribution in [2.24, 2.45) is 11.3 Å². The van der Waals surface area contributed by atoms with Gasteiger partial charge in [-0.3, -0.25) is 4.79 Å². The van der Waals surface area contributed by atoms with Crippen LogP contribution in [0.2, 0.25) is 0 Å². The number of benzene rings is 1. The Hall–Kier alpha value is -2.57. The molecule has 1 aliphatic carbocycles. The van der Waals surface area contributed by atoms with Gasteiger partial charge in [-0.1, -0.05) is 58.2 Å². The summed E-state index contributed by atoms with van der Waals surface area (Å²) in [7, 11) is 0. The van der Waals surface area contributed by atoms with Crippen LogP contribution in [0.5, 0.6) is 5.75 Å². The molecule has 0 saturated heterocycles. The molecule has 0 bridgehead atoms. The predicted octanol–water partition coefficient (Wildman–Crippen LogP) is 3.34. The Morgan fingerprint density at radius 1 is 1.04 bits per heavy atom. The standard InChI is InChI=1S/C21H30N2O5/c1-21(2,3)17(19(25)26)23-18(24)16(14-10-6-4-7-11-14)22-20(27)28-15-12-8-5-9-13-15/h5,8-9,12-14,16-17H,4,6-7,10-11H2,1-3H3,(H,22,27)(H,23,24)(H,25,26)/t16-,17+/m0/s1. The van der Waals surface area contributed by atoms with Crippen LogP contribution in [0.15, 0.2) is 30.3 Å². The Kier molecular flexibility index (Phi) is 7.43. The van der Waals surface area contributed by atoms with Gasteiger partial charge in [0.15, 0.2) is 0 Å². The van der Waals surface area contributed by atoms with E-state index in [4.69, 9.17) is 4.74 Å². The highest BCUT2D eigenvalue weighted by Gasteiger charge is 2.37. The maximum absolute atomic E-state index is 12.9. The average molecular weight is 390 g/mol. The van der Waals surface area contributed by atoms with Crippen LogP contribution in [-0.2, 0) is 9.59 Å². The van der Waals surface area contributed by atoms with Gasteiger partial charge in [-0.2, -0.15) is 0 Å². The van der Waals surface area contributed by atoms with Gasteiger partial charge >= 0.3 is 12.1 Å². The number of hydrogen-bond donors (Lipinski definition) is 3. The monoisotopic (exact) mass is 390 g/mol. The number of carbonyl (C=O) groups is 3. The number of aliphatic carboxylic acids is 1. The second kappa shape index (κ2) is 9.57. The van der Waals surface area contributed by atoms with E-state index in [1.165, 1.54) is 0 Å². The first-order valence-corrected chi connectivity index (χ1v) is 9.75. The predicted molar refractivity (Wildman–Crippen MR) is 105 cm³/mol. The summed E-state index contributed by atoms with van der Waals surface area (Å²) in [5, 5.41) is 14.8. The number of nitrogens with one attached hydrogen (secondary N) is 2. The van der Waals surface area contributed by atoms with E-state index in [0.29, 0.717) is 5.75 Å². The summed E-state index contributed by atoms with van der Waals surface area (Å²) < 4.78 is 5.26. The molecule has 0 spiro atoms. The fourth-order valence-corrected chi connectivity index (χ4v) is 3.50. The summed E-state index contributed by atoms with van der Waals surface area (Å²) in [6.45, 7) is 5.25. The van der Waals surface area contributed by atoms with Crippen molar-refractivity contribution in [3.63, 3.8) is 0 Å². The Morgan fingerprint density at radius 3 is 2.18 bits per heavy atom. The van der Waals surface area contributed by atoms with Crippen LogP contribution in [0.4, 0.5) is 4.79 Å². The number of para-hydroxylation sites is 1. The lowest BCUT2D eigenvalue weighted by atomic mass is 9.82. The lowest BCUT2D eigenvalue weighted by Gasteiger charge is -2.33. The second-order valence-electron chi connectivity index (χ2n) is 8.37. The van der Waals surface area contributed by atoms with E-state index in [1.807, 2.05) is 6.07 Å². The van der Waals surface area contributed by atoms with Crippen LogP contribution in [0.1, 0.15) is 52.9 Å². The Balaban J connectivity index is 2.12. The van der Waals surface area contributed by atoms with Gasteiger partial charge in [-0.05, 0) is 36.3 Å². The first-order chi connectivity index (χ1) is 13.2. The van der Waals surface area contributed by atoms with E-state index in [2.05, 4.69) is 10.6 Å². The van der Waals surface area contributed by atoms with E-state index < -0.39 is 35.5 Å². The van der Waals surface area contributed by atoms with Crippen LogP contribution >= 0.6 is 0 Å². The third-order valence-corrected chi connectivity index (χ3v) is 5.03. The smallest absolute Gasteiger partial charge is 0.413 e. The highest BCUT2D eigenvalue weighted by atomic mass is 16.6. The fraction of sp³-hybridized carbons (Fsp3) is 0.571. The lowest BCUT2D eigenvalue weighted by Crippen LogP contribution is -2.58. The van der Waals surface area contributed by atoms with Crippen molar-refractivity contribution in [1.82, 2.24) is 10.6 Å². The minimum atomic E-state index is -1.10. The molecule has 0 radical (unpaired) electrons. The molecule has 7 heteroatoms. The van der Waals surface area contributed by atoms with Gasteiger partial charge < -0.3 is 20.5 Å². The molecule has 1 fully saturated rings. The van der Waals surface area contributed by atoms with Crippen LogP contribution in [0, 0.1) is 11.3 Å². The number of carbonyl (C=O) groups excluding carboxylic acids is 2. The van der Waals surface area contributed by atoms with Gasteiger partial charge in [0.1, 0.15) is 17.8 Å². The van der Waals surface area contributed by atoms with E-state index in [0.717, 1.165) is 32.1 Å². The summed E-state index contributed by atoms with van der Waals surface area (Å²) in [5.41, 5.74) is -0.664. The van der Waals surface area contributed by atoms with Gasteiger partial charge in [-0.15, -0.1) is 0 Å². The topological polar surface area (TPSA) is 105 Å². The van der Waals surface area contributed by atoms with Gasteiger partial charge in [0.2, 0.25) is 5.91 Å². The van der Waals surface area contributed by atoms with E-state index in [-0.39, 0.29) is 5.92 Å². The van der Waals surface area contributed by atoms with Gasteiger partial charge in [-0.25, -0.2) is 9.59 Å². The molecular formula is C21H30N2O5. The number of carboxylic acids is 1. The van der Waals surface area contributed by atoms with Crippen LogP contribution < -0.4 is 15.4 Å². The molecule has 0 aromatic heterocycles. The molecule has 1 aliphatic rings. The zero-order chi connectivity index (χ0) is 20.7. The fourth-order valence-electron chi connectivity index (χ4n) is 3.50. The zero-order valence-electron chi connectivity index (χ0n) is 16.7. The summed E-state index contributed by atoms with van der Waals surface area (Å²) in [4.78, 5) is 36.9. The third kappa shape index (κ3) is 6.25. The Morgan fingerprint density at radius 2 is 1.64 bits per heavy atom. The van der Waals surface area contributed by atoms with Crippen LogP contribution in [-0.4, -0.2) is 35.2 Å². The molecule has 28 heavy (non-hydrogen) atoms. The molecule has 2 amide bonds. The molecular weight excluding hydrogens is 360 g/mol. The molecule has 1 aromatic rings. The van der Waals surface area contributed by atoms with Crippen molar-refractivity contribution in [3.05, 3.63) is 30.3 Å². The van der Waals surface area contributed by atoms with Crippen LogP contribution in [0.25, 0.3) is 0 Å². The average Bonchev–Trinajstić information content (AvgIpc) is 2.64. The number of carboxylic acid groups (broad SMARTS) is 1. The molecule has 1 aromatic carbocycles. The normalized spacial score (nSPS) is 17.2. The zero-order valence-corrected chi connectivity index (χ0v) is 16.7. The largest absolute Gasteiger partial charge is 0.480 e. The van der Waals surface area contributed by atoms with Crippen LogP contribution in [0.3, 0.4) is 0 Å². The van der Waals surface area contributed by atoms with Crippen molar-refractivity contribution >= 4 is 18.0 Å². The molecule has 2 atom stereocenters. The maximum atomic E-state index is 12.9. The number of rotatable bonds is 6. The van der Waals surface area contributed by atoms with Gasteiger partial charge in [0, 0.05) is 0 Å². The molecule has 2 rings (SSSR count). The minimum absolute atomic E-state index is 0.0495. The highest BCUT2D eigenvalue weighted by molar-refractivity contribution is 5.90. The molecule has 0 heterocycles.